The predicted octanol–water partition coefficient (Wildman–Crippen LogP) is 9.72. The van der Waals surface area contributed by atoms with Crippen LogP contribution in [0.25, 0.3) is 0 Å². The van der Waals surface area contributed by atoms with Gasteiger partial charge in [-0.3, -0.25) is 0 Å². The van der Waals surface area contributed by atoms with Gasteiger partial charge in [0.25, 0.3) is 0 Å². The monoisotopic (exact) mass is 494 g/mol. The quantitative estimate of drug-likeness (QED) is 0.198. The summed E-state index contributed by atoms with van der Waals surface area (Å²) in [6.07, 6.45) is 13.0. The zero-order valence-electron chi connectivity index (χ0n) is 19.8. The molecule has 2 aromatic carbocycles. The van der Waals surface area contributed by atoms with Crippen LogP contribution in [0.4, 0.5) is 0 Å². The van der Waals surface area contributed by atoms with Crippen LogP contribution in [0.15, 0.2) is 83.3 Å². The van der Waals surface area contributed by atoms with Crippen molar-refractivity contribution in [2.75, 3.05) is 0 Å². The van der Waals surface area contributed by atoms with Gasteiger partial charge in [-0.1, -0.05) is 0 Å². The second-order valence-corrected chi connectivity index (χ2v) is 24.4. The molecule has 1 aliphatic rings. The Kier molecular flexibility index (Phi) is 10.1. The Labute approximate surface area is 197 Å². The Morgan fingerprint density at radius 2 is 1.35 bits per heavy atom. The summed E-state index contributed by atoms with van der Waals surface area (Å²) >= 11 is -1.94. The molecule has 1 aliphatic carbocycles. The minimum atomic E-state index is -1.94. The van der Waals surface area contributed by atoms with Gasteiger partial charge in [-0.05, 0) is 0 Å². The van der Waals surface area contributed by atoms with Crippen molar-refractivity contribution in [3.05, 3.63) is 94.4 Å². The average molecular weight is 493 g/mol. The third-order valence-corrected chi connectivity index (χ3v) is 24.3. The van der Waals surface area contributed by atoms with Crippen LogP contribution in [0.3, 0.4) is 0 Å². The summed E-state index contributed by atoms with van der Waals surface area (Å²) in [5.41, 5.74) is 4.39. The van der Waals surface area contributed by atoms with E-state index in [4.69, 9.17) is 0 Å². The SMILES string of the molecule is CCCCCC[CH2][Ge]([CH2]C)([CH2]C)[S]C1=C(C(c2ccccc2)c2ccccc2)C=CC1. The van der Waals surface area contributed by atoms with E-state index in [0.717, 1.165) is 6.42 Å². The van der Waals surface area contributed by atoms with Crippen LogP contribution in [0, 0.1) is 0 Å². The van der Waals surface area contributed by atoms with E-state index in [-0.39, 0.29) is 0 Å². The van der Waals surface area contributed by atoms with Crippen molar-refractivity contribution >= 4 is 22.2 Å². The van der Waals surface area contributed by atoms with Gasteiger partial charge in [0.1, 0.15) is 0 Å². The van der Waals surface area contributed by atoms with Crippen LogP contribution in [0.1, 0.15) is 76.3 Å². The molecular weight excluding hydrogens is 453 g/mol. The molecule has 31 heavy (non-hydrogen) atoms. The van der Waals surface area contributed by atoms with Crippen molar-refractivity contribution < 1.29 is 0 Å². The van der Waals surface area contributed by atoms with Crippen molar-refractivity contribution in [1.82, 2.24) is 0 Å². The number of rotatable bonds is 13. The summed E-state index contributed by atoms with van der Waals surface area (Å²) in [4.78, 5) is 1.68. The van der Waals surface area contributed by atoms with Gasteiger partial charge >= 0.3 is 198 Å². The molecule has 0 radical (unpaired) electrons. The van der Waals surface area contributed by atoms with E-state index in [9.17, 15) is 0 Å². The molecule has 0 heterocycles. The molecule has 2 heteroatoms. The van der Waals surface area contributed by atoms with Crippen molar-refractivity contribution in [2.45, 2.75) is 81.0 Å². The molecule has 0 amide bonds. The average Bonchev–Trinajstić information content (AvgIpc) is 3.27. The summed E-state index contributed by atoms with van der Waals surface area (Å²) in [5, 5.41) is 4.40. The third kappa shape index (κ3) is 6.65. The molecule has 166 valence electrons. The van der Waals surface area contributed by atoms with Gasteiger partial charge in [0.15, 0.2) is 0 Å². The van der Waals surface area contributed by atoms with Crippen LogP contribution in [-0.2, 0) is 0 Å². The van der Waals surface area contributed by atoms with Crippen molar-refractivity contribution in [2.24, 2.45) is 0 Å². The fourth-order valence-electron chi connectivity index (χ4n) is 4.82. The van der Waals surface area contributed by atoms with Crippen LogP contribution in [-0.4, -0.2) is 12.1 Å². The Bertz CT molecular complexity index is 794. The third-order valence-electron chi connectivity index (χ3n) is 6.86. The summed E-state index contributed by atoms with van der Waals surface area (Å²) < 4.78 is 0. The Morgan fingerprint density at radius 1 is 0.774 bits per heavy atom. The first-order valence-corrected chi connectivity index (χ1v) is 20.2. The Morgan fingerprint density at radius 3 is 1.90 bits per heavy atom. The zero-order valence-corrected chi connectivity index (χ0v) is 22.7. The number of benzene rings is 2. The van der Waals surface area contributed by atoms with E-state index in [1.54, 1.807) is 10.5 Å². The van der Waals surface area contributed by atoms with Crippen molar-refractivity contribution in [3.8, 4) is 0 Å². The molecule has 0 aliphatic heterocycles. The standard InChI is InChI=1S/C29H40GeS/c1-4-7-8-9-16-24-30(5-2,6-3)31-28-23-17-22-27(28)29(25-18-12-10-13-19-25)26-20-14-11-15-21-26/h10-15,17-22,29H,4-9,16,23-24H2,1-3H3. The molecule has 0 unspecified atom stereocenters. The van der Waals surface area contributed by atoms with Gasteiger partial charge < -0.3 is 0 Å². The topological polar surface area (TPSA) is 0 Å². The zero-order chi connectivity index (χ0) is 21.9. The number of unbranched alkanes of at least 4 members (excludes halogenated alkanes) is 4. The van der Waals surface area contributed by atoms with E-state index in [1.807, 2.05) is 0 Å². The van der Waals surface area contributed by atoms with Crippen molar-refractivity contribution in [1.29, 1.82) is 0 Å². The fraction of sp³-hybridized carbons (Fsp3) is 0.448. The molecule has 0 nitrogen and oxygen atoms in total. The Hall–Kier alpha value is -1.19. The second-order valence-electron chi connectivity index (χ2n) is 8.90. The predicted molar refractivity (Wildman–Crippen MR) is 143 cm³/mol. The molecule has 0 atom stereocenters. The van der Waals surface area contributed by atoms with E-state index in [1.165, 1.54) is 59.0 Å². The summed E-state index contributed by atoms with van der Waals surface area (Å²) in [5.74, 6) is 0.349. The molecule has 0 saturated carbocycles. The first-order valence-electron chi connectivity index (χ1n) is 12.4. The van der Waals surface area contributed by atoms with E-state index in [2.05, 4.69) is 104 Å². The summed E-state index contributed by atoms with van der Waals surface area (Å²) in [6.45, 7) is 7.28. The van der Waals surface area contributed by atoms with Gasteiger partial charge in [0.05, 0.1) is 0 Å². The number of hydrogen-bond donors (Lipinski definition) is 0. The van der Waals surface area contributed by atoms with E-state index >= 15 is 0 Å². The second kappa shape index (κ2) is 12.7. The van der Waals surface area contributed by atoms with Crippen LogP contribution < -0.4 is 0 Å². The van der Waals surface area contributed by atoms with Gasteiger partial charge in [-0.15, -0.1) is 0 Å². The maximum absolute atomic E-state index is 2.48. The van der Waals surface area contributed by atoms with Gasteiger partial charge in [-0.2, -0.15) is 0 Å². The van der Waals surface area contributed by atoms with E-state index in [0.29, 0.717) is 5.92 Å². The van der Waals surface area contributed by atoms with E-state index < -0.39 is 12.1 Å². The fourth-order valence-corrected chi connectivity index (χ4v) is 18.4. The van der Waals surface area contributed by atoms with Gasteiger partial charge in [-0.25, -0.2) is 0 Å². The first kappa shape index (κ1) is 24.5. The molecule has 3 rings (SSSR count). The van der Waals surface area contributed by atoms with Gasteiger partial charge in [0.2, 0.25) is 0 Å². The molecule has 0 fully saturated rings. The number of allylic oxidation sites excluding steroid dienone is 4. The molecular formula is C29H40GeS. The molecule has 2 aromatic rings. The van der Waals surface area contributed by atoms with Gasteiger partial charge in [0, 0.05) is 0 Å². The molecule has 0 saturated heterocycles. The summed E-state index contributed by atoms with van der Waals surface area (Å²) in [6, 6.07) is 22.2. The van der Waals surface area contributed by atoms with Crippen LogP contribution in [0.5, 0.6) is 0 Å². The molecule has 0 aromatic heterocycles. The normalized spacial score (nSPS) is 14.1. The van der Waals surface area contributed by atoms with Crippen LogP contribution >= 0.6 is 10.1 Å². The molecule has 0 N–H and O–H groups in total. The van der Waals surface area contributed by atoms with Crippen molar-refractivity contribution in [3.63, 3.8) is 0 Å². The van der Waals surface area contributed by atoms with Crippen LogP contribution in [0.2, 0.25) is 15.8 Å². The number of hydrogen-bond acceptors (Lipinski definition) is 1. The molecule has 0 spiro atoms. The Balaban J connectivity index is 1.88. The molecule has 0 bridgehead atoms. The minimum absolute atomic E-state index is 0.349. The summed E-state index contributed by atoms with van der Waals surface area (Å²) in [7, 11) is 2.39. The first-order chi connectivity index (χ1) is 15.2. The maximum atomic E-state index is 2.48.